The summed E-state index contributed by atoms with van der Waals surface area (Å²) in [6.45, 7) is 0. The molecular weight excluding hydrogens is 414 g/mol. The third kappa shape index (κ3) is 4.07. The van der Waals surface area contributed by atoms with E-state index < -0.39 is 17.5 Å². The minimum Gasteiger partial charge on any atom is -0.189 e. The summed E-state index contributed by atoms with van der Waals surface area (Å²) < 4.78 is 35.8. The van der Waals surface area contributed by atoms with Crippen LogP contribution in [0, 0.1) is 0 Å². The van der Waals surface area contributed by atoms with Crippen molar-refractivity contribution in [2.24, 2.45) is 0 Å². The molecular formula is C25H21FO2PS+. The molecule has 0 aromatic heterocycles. The van der Waals surface area contributed by atoms with Crippen LogP contribution in [0.5, 0.6) is 0 Å². The minimum atomic E-state index is -4.71. The molecule has 5 heteroatoms. The van der Waals surface area contributed by atoms with Crippen molar-refractivity contribution in [3.8, 4) is 0 Å². The number of rotatable bonds is 6. The van der Waals surface area contributed by atoms with Gasteiger partial charge in [0.2, 0.25) is 0 Å². The van der Waals surface area contributed by atoms with Crippen LogP contribution in [-0.4, -0.2) is 8.42 Å². The Morgan fingerprint density at radius 3 is 1.27 bits per heavy atom. The lowest BCUT2D eigenvalue weighted by Gasteiger charge is -2.27. The first-order valence-corrected chi connectivity index (χ1v) is 12.9. The van der Waals surface area contributed by atoms with Crippen LogP contribution in [0.15, 0.2) is 120 Å². The highest BCUT2D eigenvalue weighted by molar-refractivity contribution is 7.95. The normalized spacial score (nSPS) is 11.9. The first kappa shape index (κ1) is 20.5. The summed E-state index contributed by atoms with van der Waals surface area (Å²) in [6, 6.07) is 37.4. The molecule has 4 aromatic carbocycles. The monoisotopic (exact) mass is 435 g/mol. The Balaban J connectivity index is 1.93. The quantitative estimate of drug-likeness (QED) is 0.321. The van der Waals surface area contributed by atoms with Crippen molar-refractivity contribution in [3.05, 3.63) is 121 Å². The molecule has 0 bridgehead atoms. The largest absolute Gasteiger partial charge is 0.332 e. The average molecular weight is 435 g/mol. The SMILES string of the molecule is O=S(=O)(F)c1ccc(C[P+](c2ccccc2)(c2ccccc2)c2ccccc2)cc1. The Hall–Kier alpha value is -2.81. The maximum absolute atomic E-state index is 13.4. The van der Waals surface area contributed by atoms with E-state index in [1.54, 1.807) is 12.1 Å². The van der Waals surface area contributed by atoms with Crippen LogP contribution in [0.3, 0.4) is 0 Å². The first-order chi connectivity index (χ1) is 14.5. The zero-order chi connectivity index (χ0) is 21.0. The van der Waals surface area contributed by atoms with Gasteiger partial charge in [0, 0.05) is 0 Å². The fourth-order valence-electron chi connectivity index (χ4n) is 3.80. The van der Waals surface area contributed by atoms with E-state index >= 15 is 0 Å². The van der Waals surface area contributed by atoms with Gasteiger partial charge in [-0.1, -0.05) is 66.7 Å². The summed E-state index contributed by atoms with van der Waals surface area (Å²) in [5, 5.41) is 3.72. The second-order valence-electron chi connectivity index (χ2n) is 7.06. The van der Waals surface area contributed by atoms with E-state index in [1.165, 1.54) is 28.0 Å². The topological polar surface area (TPSA) is 34.1 Å². The second-order valence-corrected chi connectivity index (χ2v) is 11.9. The van der Waals surface area contributed by atoms with E-state index in [4.69, 9.17) is 0 Å². The molecule has 0 fully saturated rings. The van der Waals surface area contributed by atoms with Crippen molar-refractivity contribution in [3.63, 3.8) is 0 Å². The zero-order valence-corrected chi connectivity index (χ0v) is 17.9. The van der Waals surface area contributed by atoms with E-state index in [-0.39, 0.29) is 4.90 Å². The van der Waals surface area contributed by atoms with Crippen LogP contribution < -0.4 is 15.9 Å². The maximum atomic E-state index is 13.4. The minimum absolute atomic E-state index is 0.311. The van der Waals surface area contributed by atoms with Crippen LogP contribution in [0.2, 0.25) is 0 Å². The fourth-order valence-corrected chi connectivity index (χ4v) is 8.50. The van der Waals surface area contributed by atoms with Crippen LogP contribution in [0.4, 0.5) is 3.89 Å². The van der Waals surface area contributed by atoms with Gasteiger partial charge in [-0.25, -0.2) is 0 Å². The molecule has 4 rings (SSSR count). The van der Waals surface area contributed by atoms with Gasteiger partial charge in [0.05, 0.1) is 11.1 Å². The third-order valence-corrected chi connectivity index (χ3v) is 10.4. The molecule has 0 aliphatic heterocycles. The highest BCUT2D eigenvalue weighted by Crippen LogP contribution is 2.58. The van der Waals surface area contributed by atoms with Crippen molar-refractivity contribution in [2.75, 3.05) is 0 Å². The van der Waals surface area contributed by atoms with E-state index in [1.807, 2.05) is 18.2 Å². The van der Waals surface area contributed by atoms with E-state index in [0.717, 1.165) is 5.56 Å². The van der Waals surface area contributed by atoms with E-state index in [9.17, 15) is 12.3 Å². The average Bonchev–Trinajstić information content (AvgIpc) is 2.79. The Bertz CT molecular complexity index is 1110. The highest BCUT2D eigenvalue weighted by Gasteiger charge is 2.45. The number of hydrogen-bond donors (Lipinski definition) is 0. The molecule has 0 atom stereocenters. The molecule has 0 radical (unpaired) electrons. The van der Waals surface area contributed by atoms with Crippen molar-refractivity contribution in [1.82, 2.24) is 0 Å². The first-order valence-electron chi connectivity index (χ1n) is 9.59. The van der Waals surface area contributed by atoms with Crippen LogP contribution in [0.1, 0.15) is 5.56 Å². The summed E-state index contributed by atoms with van der Waals surface area (Å²) in [4.78, 5) is -0.311. The molecule has 0 saturated heterocycles. The van der Waals surface area contributed by atoms with Gasteiger partial charge >= 0.3 is 10.2 Å². The summed E-state index contributed by atoms with van der Waals surface area (Å²) in [5.74, 6) is 0. The molecule has 0 heterocycles. The number of benzene rings is 4. The third-order valence-electron chi connectivity index (χ3n) is 5.22. The van der Waals surface area contributed by atoms with Gasteiger partial charge in [0.15, 0.2) is 0 Å². The van der Waals surface area contributed by atoms with Crippen LogP contribution >= 0.6 is 7.26 Å². The molecule has 0 aliphatic carbocycles. The summed E-state index contributed by atoms with van der Waals surface area (Å²) in [5.41, 5.74) is 0.965. The van der Waals surface area contributed by atoms with Crippen LogP contribution in [-0.2, 0) is 16.4 Å². The Morgan fingerprint density at radius 2 is 0.933 bits per heavy atom. The van der Waals surface area contributed by atoms with Crippen molar-refractivity contribution in [1.29, 1.82) is 0 Å². The molecule has 0 amide bonds. The van der Waals surface area contributed by atoms with Gasteiger partial charge in [-0.3, -0.25) is 0 Å². The number of hydrogen-bond acceptors (Lipinski definition) is 2. The predicted molar refractivity (Wildman–Crippen MR) is 124 cm³/mol. The molecule has 0 N–H and O–H groups in total. The summed E-state index contributed by atoms with van der Waals surface area (Å²) in [6.07, 6.45) is 0.706. The molecule has 4 aromatic rings. The second kappa shape index (κ2) is 8.51. The van der Waals surface area contributed by atoms with Gasteiger partial charge in [-0.2, -0.15) is 8.42 Å². The Kier molecular flexibility index (Phi) is 5.80. The molecule has 0 spiro atoms. The van der Waals surface area contributed by atoms with Gasteiger partial charge in [-0.05, 0) is 54.1 Å². The molecule has 150 valence electrons. The summed E-state index contributed by atoms with van der Waals surface area (Å²) >= 11 is 0. The standard InChI is InChI=1S/C25H21FO2PS/c26-30(27,28)25-18-16-21(17-19-25)20-29(22-10-4-1-5-11-22,23-12-6-2-7-13-23)24-14-8-3-9-15-24/h1-19H,20H2/q+1. The molecule has 0 aliphatic rings. The highest BCUT2D eigenvalue weighted by atomic mass is 32.3. The molecule has 30 heavy (non-hydrogen) atoms. The van der Waals surface area contributed by atoms with E-state index in [0.29, 0.717) is 6.16 Å². The van der Waals surface area contributed by atoms with Gasteiger partial charge in [0.25, 0.3) is 0 Å². The van der Waals surface area contributed by atoms with E-state index in [2.05, 4.69) is 72.8 Å². The van der Waals surface area contributed by atoms with Gasteiger partial charge in [0.1, 0.15) is 23.2 Å². The summed E-state index contributed by atoms with van der Waals surface area (Å²) in [7, 11) is -6.78. The smallest absolute Gasteiger partial charge is 0.189 e. The molecule has 2 nitrogen and oxygen atoms in total. The van der Waals surface area contributed by atoms with Crippen molar-refractivity contribution >= 4 is 33.4 Å². The predicted octanol–water partition coefficient (Wildman–Crippen LogP) is 4.84. The molecule has 0 saturated carbocycles. The van der Waals surface area contributed by atoms with Crippen molar-refractivity contribution in [2.45, 2.75) is 11.1 Å². The lowest BCUT2D eigenvalue weighted by molar-refractivity contribution is 0.552. The zero-order valence-electron chi connectivity index (χ0n) is 16.2. The maximum Gasteiger partial charge on any atom is 0.332 e. The Morgan fingerprint density at radius 1 is 0.567 bits per heavy atom. The van der Waals surface area contributed by atoms with Gasteiger partial charge in [-0.15, -0.1) is 3.89 Å². The van der Waals surface area contributed by atoms with Gasteiger partial charge < -0.3 is 0 Å². The van der Waals surface area contributed by atoms with Crippen LogP contribution in [0.25, 0.3) is 0 Å². The molecule has 0 unspecified atom stereocenters. The fraction of sp³-hybridized carbons (Fsp3) is 0.0400. The lowest BCUT2D eigenvalue weighted by Crippen LogP contribution is -2.32. The lowest BCUT2D eigenvalue weighted by atomic mass is 10.2. The van der Waals surface area contributed by atoms with Crippen molar-refractivity contribution < 1.29 is 12.3 Å². The Labute approximate surface area is 177 Å². The number of halogens is 1.